The molecule has 2 saturated heterocycles. The zero-order valence-corrected chi connectivity index (χ0v) is 30.3. The molecule has 51 heavy (non-hydrogen) atoms. The third-order valence-electron chi connectivity index (χ3n) is 11.5. The van der Waals surface area contributed by atoms with E-state index in [1.54, 1.807) is 47.0 Å². The van der Waals surface area contributed by atoms with Gasteiger partial charge in [0.15, 0.2) is 5.60 Å². The first-order valence-electron chi connectivity index (χ1n) is 17.7. The summed E-state index contributed by atoms with van der Waals surface area (Å²) in [6, 6.07) is 24.5. The summed E-state index contributed by atoms with van der Waals surface area (Å²) in [7, 11) is -1.93. The number of hydrogen-bond acceptors (Lipinski definition) is 6. The average molecular weight is 708 g/mol. The molecule has 4 aliphatic heterocycles. The van der Waals surface area contributed by atoms with Gasteiger partial charge in [0.2, 0.25) is 14.3 Å². The van der Waals surface area contributed by atoms with Gasteiger partial charge in [-0.3, -0.25) is 19.3 Å². The summed E-state index contributed by atoms with van der Waals surface area (Å²) in [6.07, 6.45) is 0.651. The number of nitrogens with zero attached hydrogens (tertiary/aromatic N) is 3. The van der Waals surface area contributed by atoms with E-state index in [1.165, 1.54) is 0 Å². The van der Waals surface area contributed by atoms with Gasteiger partial charge in [0.1, 0.15) is 5.75 Å². The molecule has 264 valence electrons. The van der Waals surface area contributed by atoms with Gasteiger partial charge in [-0.05, 0) is 79.3 Å². The summed E-state index contributed by atoms with van der Waals surface area (Å²) >= 11 is 0. The van der Waals surface area contributed by atoms with Crippen LogP contribution in [0.5, 0.6) is 5.75 Å². The molecule has 4 aromatic carbocycles. The summed E-state index contributed by atoms with van der Waals surface area (Å²) < 4.78 is 28.8. The molecule has 0 bridgehead atoms. The number of ether oxygens (including phenoxy) is 2. The summed E-state index contributed by atoms with van der Waals surface area (Å²) in [5.74, 6) is -0.588. The van der Waals surface area contributed by atoms with Crippen molar-refractivity contribution in [3.05, 3.63) is 95.6 Å². The number of carbonyl (C=O) groups is 3. The van der Waals surface area contributed by atoms with Crippen LogP contribution in [0.15, 0.2) is 78.9 Å². The first-order valence-corrected chi connectivity index (χ1v) is 20.7. The molecule has 4 heterocycles. The summed E-state index contributed by atoms with van der Waals surface area (Å²) in [4.78, 5) is 47.1. The van der Waals surface area contributed by atoms with Crippen LogP contribution in [0, 0.1) is 5.92 Å². The molecule has 0 saturated carbocycles. The van der Waals surface area contributed by atoms with Crippen molar-refractivity contribution in [2.75, 3.05) is 30.1 Å². The number of carbonyl (C=O) groups excluding carboxylic acids is 3. The second-order valence-corrected chi connectivity index (χ2v) is 18.6. The molecule has 4 aromatic rings. The second-order valence-electron chi connectivity index (χ2n) is 14.8. The molecule has 1 N–H and O–H groups in total. The van der Waals surface area contributed by atoms with Gasteiger partial charge in [0.05, 0.1) is 55.8 Å². The van der Waals surface area contributed by atoms with E-state index in [4.69, 9.17) is 9.47 Å². The molecule has 11 heteroatoms. The number of halogens is 1. The Labute approximate surface area is 297 Å². The molecule has 0 unspecified atom stereocenters. The van der Waals surface area contributed by atoms with Crippen molar-refractivity contribution in [3.63, 3.8) is 0 Å². The van der Waals surface area contributed by atoms with Gasteiger partial charge in [-0.15, -0.1) is 0 Å². The summed E-state index contributed by atoms with van der Waals surface area (Å²) in [5.41, 5.74) is 2.19. The predicted molar refractivity (Wildman–Crippen MR) is 196 cm³/mol. The minimum atomic E-state index is -3.49. The lowest BCUT2D eigenvalue weighted by atomic mass is 9.82. The van der Waals surface area contributed by atoms with Crippen molar-refractivity contribution in [2.45, 2.75) is 69.1 Å². The fourth-order valence-electron chi connectivity index (χ4n) is 9.26. The Morgan fingerprint density at radius 3 is 2.49 bits per heavy atom. The van der Waals surface area contributed by atoms with E-state index in [1.807, 2.05) is 73.7 Å². The number of likely N-dealkylation sites (tertiary alicyclic amines) is 1. The maximum atomic E-state index is 16.4. The molecular formula is C40H42FN3O6Si. The van der Waals surface area contributed by atoms with Crippen LogP contribution in [0.2, 0.25) is 18.6 Å². The fourth-order valence-corrected chi connectivity index (χ4v) is 11.8. The molecule has 4 aliphatic rings. The molecule has 2 fully saturated rings. The number of aliphatic hydroxyl groups excluding tert-OH is 1. The largest absolute Gasteiger partial charge is 0.497 e. The van der Waals surface area contributed by atoms with E-state index in [-0.39, 0.29) is 43.3 Å². The van der Waals surface area contributed by atoms with Crippen molar-refractivity contribution in [1.29, 1.82) is 0 Å². The summed E-state index contributed by atoms with van der Waals surface area (Å²) in [5, 5.41) is 11.8. The van der Waals surface area contributed by atoms with Gasteiger partial charge in [-0.2, -0.15) is 0 Å². The van der Waals surface area contributed by atoms with E-state index in [9.17, 15) is 19.5 Å². The Morgan fingerprint density at radius 1 is 1.04 bits per heavy atom. The lowest BCUT2D eigenvalue weighted by molar-refractivity contribution is -0.150. The predicted octanol–water partition coefficient (Wildman–Crippen LogP) is 6.84. The van der Waals surface area contributed by atoms with E-state index in [0.29, 0.717) is 29.1 Å². The van der Waals surface area contributed by atoms with Crippen LogP contribution in [0.3, 0.4) is 0 Å². The molecule has 5 atom stereocenters. The molecule has 3 amide bonds. The van der Waals surface area contributed by atoms with Crippen LogP contribution < -0.4 is 14.5 Å². The summed E-state index contributed by atoms with van der Waals surface area (Å²) in [6.45, 7) is 5.76. The third-order valence-corrected chi connectivity index (χ3v) is 14.0. The van der Waals surface area contributed by atoms with Gasteiger partial charge < -0.3 is 28.5 Å². The Bertz CT molecular complexity index is 2060. The van der Waals surface area contributed by atoms with Crippen LogP contribution in [-0.4, -0.2) is 68.5 Å². The number of hydrogen-bond donors (Lipinski definition) is 1. The van der Waals surface area contributed by atoms with E-state index >= 15 is 4.11 Å². The van der Waals surface area contributed by atoms with E-state index in [2.05, 4.69) is 0 Å². The number of anilines is 3. The van der Waals surface area contributed by atoms with Crippen LogP contribution in [0.1, 0.15) is 47.7 Å². The van der Waals surface area contributed by atoms with Gasteiger partial charge in [-0.1, -0.05) is 43.3 Å². The second kappa shape index (κ2) is 12.3. The van der Waals surface area contributed by atoms with Crippen molar-refractivity contribution < 1.29 is 33.1 Å². The minimum Gasteiger partial charge on any atom is -0.497 e. The van der Waals surface area contributed by atoms with Gasteiger partial charge in [-0.25, -0.2) is 0 Å². The number of benzene rings is 4. The molecule has 0 radical (unpaired) electrons. The number of aliphatic hydroxyl groups is 1. The monoisotopic (exact) mass is 707 g/mol. The molecule has 1 spiro atoms. The van der Waals surface area contributed by atoms with Crippen LogP contribution in [-0.2, 0) is 26.5 Å². The maximum absolute atomic E-state index is 16.4. The highest BCUT2D eigenvalue weighted by atomic mass is 28.4. The van der Waals surface area contributed by atoms with Crippen molar-refractivity contribution in [2.24, 2.45) is 5.92 Å². The maximum Gasteiger partial charge on any atom is 0.264 e. The SMILES string of the molecule is COc1ccc2c(c1)[C@]1(O[C@@H](CC(=O)N3CCC[C@H]3CO)[C@H]([Si](C)(C)F)[C@H]1C)C(=O)N2Cc1ccc(N2C(=O)c3cccc4cccc2c34)cc1. The van der Waals surface area contributed by atoms with Crippen LogP contribution >= 0.6 is 0 Å². The van der Waals surface area contributed by atoms with Crippen LogP contribution in [0.4, 0.5) is 21.2 Å². The average Bonchev–Trinajstić information content (AvgIpc) is 3.85. The highest BCUT2D eigenvalue weighted by Crippen LogP contribution is 2.61. The zero-order chi connectivity index (χ0) is 35.8. The number of amides is 3. The molecule has 9 nitrogen and oxygen atoms in total. The first-order chi connectivity index (χ1) is 24.5. The highest BCUT2D eigenvalue weighted by Gasteiger charge is 2.67. The van der Waals surface area contributed by atoms with Crippen molar-refractivity contribution >= 4 is 54.0 Å². The molecule has 8 rings (SSSR count). The Morgan fingerprint density at radius 2 is 1.78 bits per heavy atom. The first kappa shape index (κ1) is 33.6. The molecular weight excluding hydrogens is 666 g/mol. The van der Waals surface area contributed by atoms with Crippen LogP contribution in [0.25, 0.3) is 10.8 Å². The fraction of sp³-hybridized carbons (Fsp3) is 0.375. The topological polar surface area (TPSA) is 99.6 Å². The number of rotatable bonds is 8. The molecule has 0 aromatic heterocycles. The lowest BCUT2D eigenvalue weighted by Crippen LogP contribution is -2.45. The smallest absolute Gasteiger partial charge is 0.264 e. The Hall–Kier alpha value is -4.58. The normalized spacial score (nSPS) is 25.5. The van der Waals surface area contributed by atoms with E-state index in [0.717, 1.165) is 40.6 Å². The van der Waals surface area contributed by atoms with Gasteiger partial charge in [0.25, 0.3) is 11.8 Å². The lowest BCUT2D eigenvalue weighted by Gasteiger charge is -2.31. The van der Waals surface area contributed by atoms with Crippen molar-refractivity contribution in [1.82, 2.24) is 4.90 Å². The standard InChI is InChI=1S/C40H42FN3O6Si/c1-24-37(51(3,4)41)34(21-35(46)42-19-7-10-28(42)23-45)50-40(24)31-20-29(49-2)17-18-32(31)43(39(40)48)22-25-13-15-27(16-14-25)44-33-12-6-9-26-8-5-11-30(36(26)33)38(44)47/h5-6,8-9,11-18,20,24,28,34,37,45H,7,10,19,21-23H2,1-4H3/t24-,28+,34+,37-,40+/m1/s1. The Kier molecular flexibility index (Phi) is 8.08. The third kappa shape index (κ3) is 5.11. The molecule has 0 aliphatic carbocycles. The minimum absolute atomic E-state index is 0.0611. The Balaban J connectivity index is 1.11. The quantitative estimate of drug-likeness (QED) is 0.159. The van der Waals surface area contributed by atoms with Gasteiger partial charge >= 0.3 is 0 Å². The van der Waals surface area contributed by atoms with Gasteiger partial charge in [0, 0.05) is 34.6 Å². The van der Waals surface area contributed by atoms with E-state index < -0.39 is 31.6 Å². The van der Waals surface area contributed by atoms with Crippen molar-refractivity contribution in [3.8, 4) is 5.75 Å². The zero-order valence-electron chi connectivity index (χ0n) is 29.3. The highest BCUT2D eigenvalue weighted by molar-refractivity contribution is 6.72. The number of fused-ring (bicyclic) bond motifs is 2. The number of methoxy groups -OCH3 is 1.